The first-order valence-electron chi connectivity index (χ1n) is 7.37. The summed E-state index contributed by atoms with van der Waals surface area (Å²) >= 11 is 5.81. The van der Waals surface area contributed by atoms with E-state index in [1.807, 2.05) is 22.9 Å². The van der Waals surface area contributed by atoms with Crippen molar-refractivity contribution in [3.05, 3.63) is 77.0 Å². The largest absolute Gasteiger partial charge is 0.479 e. The number of halogens is 1. The SMILES string of the molecule is COc1nccnc1C(=O)/N=c1\ccccn1Cc1ccc(Cl)nc1. The molecule has 3 aromatic heterocycles. The smallest absolute Gasteiger partial charge is 0.303 e. The minimum Gasteiger partial charge on any atom is -0.479 e. The standard InChI is InChI=1S/C17H14ClN5O2/c1-25-17-15(19-7-8-20-17)16(24)22-14-4-2-3-9-23(14)11-12-5-6-13(18)21-10-12/h2-10H,11H2,1H3/b22-14+. The second kappa shape index (κ2) is 7.67. The molecule has 25 heavy (non-hydrogen) atoms. The Kier molecular flexibility index (Phi) is 5.15. The average molecular weight is 356 g/mol. The zero-order chi connectivity index (χ0) is 17.6. The third-order valence-corrected chi connectivity index (χ3v) is 3.56. The number of carbonyl (C=O) groups excluding carboxylic acids is 1. The summed E-state index contributed by atoms with van der Waals surface area (Å²) in [6.45, 7) is 0.495. The molecule has 0 aliphatic heterocycles. The maximum Gasteiger partial charge on any atom is 0.303 e. The molecule has 0 fully saturated rings. The summed E-state index contributed by atoms with van der Waals surface area (Å²) in [6.07, 6.45) is 6.38. The Morgan fingerprint density at radius 1 is 1.20 bits per heavy atom. The summed E-state index contributed by atoms with van der Waals surface area (Å²) in [4.78, 5) is 28.6. The molecule has 0 atom stereocenters. The van der Waals surface area contributed by atoms with Crippen molar-refractivity contribution in [2.45, 2.75) is 6.54 Å². The zero-order valence-electron chi connectivity index (χ0n) is 13.3. The van der Waals surface area contributed by atoms with E-state index in [4.69, 9.17) is 16.3 Å². The minimum atomic E-state index is -0.529. The van der Waals surface area contributed by atoms with Crippen LogP contribution in [0.2, 0.25) is 5.15 Å². The Morgan fingerprint density at radius 2 is 2.04 bits per heavy atom. The van der Waals surface area contributed by atoms with Crippen LogP contribution in [0.1, 0.15) is 16.1 Å². The van der Waals surface area contributed by atoms with Crippen LogP contribution < -0.4 is 10.2 Å². The lowest BCUT2D eigenvalue weighted by Crippen LogP contribution is -2.22. The van der Waals surface area contributed by atoms with Gasteiger partial charge in [-0.3, -0.25) is 4.79 Å². The molecule has 7 nitrogen and oxygen atoms in total. The van der Waals surface area contributed by atoms with Gasteiger partial charge in [0.25, 0.3) is 0 Å². The van der Waals surface area contributed by atoms with Crippen molar-refractivity contribution in [2.24, 2.45) is 4.99 Å². The van der Waals surface area contributed by atoms with Gasteiger partial charge >= 0.3 is 5.91 Å². The Balaban J connectivity index is 1.95. The molecule has 0 N–H and O–H groups in total. The number of aromatic nitrogens is 4. The van der Waals surface area contributed by atoms with E-state index in [-0.39, 0.29) is 11.6 Å². The molecule has 0 saturated heterocycles. The average Bonchev–Trinajstić information content (AvgIpc) is 2.65. The van der Waals surface area contributed by atoms with Gasteiger partial charge in [0.05, 0.1) is 13.7 Å². The Bertz CT molecular complexity index is 954. The van der Waals surface area contributed by atoms with Crippen LogP contribution in [0.4, 0.5) is 0 Å². The number of nitrogens with zero attached hydrogens (tertiary/aromatic N) is 5. The number of ether oxygens (including phenoxy) is 1. The molecule has 0 aliphatic rings. The molecule has 126 valence electrons. The molecule has 0 unspecified atom stereocenters. The summed E-state index contributed by atoms with van der Waals surface area (Å²) in [5.41, 5.74) is 1.48. The molecule has 0 aliphatic carbocycles. The summed E-state index contributed by atoms with van der Waals surface area (Å²) < 4.78 is 6.88. The van der Waals surface area contributed by atoms with E-state index in [0.717, 1.165) is 5.56 Å². The molecule has 8 heteroatoms. The third kappa shape index (κ3) is 4.07. The summed E-state index contributed by atoms with van der Waals surface area (Å²) in [6, 6.07) is 8.98. The zero-order valence-corrected chi connectivity index (χ0v) is 14.1. The maximum absolute atomic E-state index is 12.5. The summed E-state index contributed by atoms with van der Waals surface area (Å²) in [5.74, 6) is -0.389. The van der Waals surface area contributed by atoms with Crippen molar-refractivity contribution >= 4 is 17.5 Å². The van der Waals surface area contributed by atoms with E-state index in [2.05, 4.69) is 19.9 Å². The van der Waals surface area contributed by atoms with Crippen molar-refractivity contribution < 1.29 is 9.53 Å². The first-order valence-corrected chi connectivity index (χ1v) is 7.75. The van der Waals surface area contributed by atoms with Gasteiger partial charge in [0.15, 0.2) is 5.69 Å². The molecule has 1 amide bonds. The molecule has 0 aromatic carbocycles. The van der Waals surface area contributed by atoms with Gasteiger partial charge < -0.3 is 9.30 Å². The lowest BCUT2D eigenvalue weighted by Gasteiger charge is -2.07. The molecule has 0 saturated carbocycles. The van der Waals surface area contributed by atoms with Crippen molar-refractivity contribution in [1.82, 2.24) is 19.5 Å². The van der Waals surface area contributed by atoms with E-state index < -0.39 is 5.91 Å². The lowest BCUT2D eigenvalue weighted by atomic mass is 10.3. The van der Waals surface area contributed by atoms with Crippen molar-refractivity contribution in [3.8, 4) is 5.88 Å². The second-order valence-electron chi connectivity index (χ2n) is 5.01. The van der Waals surface area contributed by atoms with Gasteiger partial charge in [-0.1, -0.05) is 23.7 Å². The van der Waals surface area contributed by atoms with Crippen molar-refractivity contribution in [3.63, 3.8) is 0 Å². The third-order valence-electron chi connectivity index (χ3n) is 3.33. The Morgan fingerprint density at radius 3 is 2.80 bits per heavy atom. The predicted octanol–water partition coefficient (Wildman–Crippen LogP) is 2.12. The quantitative estimate of drug-likeness (QED) is 0.669. The van der Waals surface area contributed by atoms with Crippen LogP contribution in [-0.4, -0.2) is 32.5 Å². The molecular formula is C17H14ClN5O2. The number of hydrogen-bond acceptors (Lipinski definition) is 5. The maximum atomic E-state index is 12.5. The first-order chi connectivity index (χ1) is 12.2. The van der Waals surface area contributed by atoms with E-state index in [0.29, 0.717) is 17.2 Å². The van der Waals surface area contributed by atoms with Crippen LogP contribution in [0.25, 0.3) is 0 Å². The van der Waals surface area contributed by atoms with Gasteiger partial charge in [-0.2, -0.15) is 4.99 Å². The minimum absolute atomic E-state index is 0.0635. The molecule has 0 bridgehead atoms. The number of carbonyl (C=O) groups is 1. The summed E-state index contributed by atoms with van der Waals surface area (Å²) in [5, 5.41) is 0.427. The summed E-state index contributed by atoms with van der Waals surface area (Å²) in [7, 11) is 1.43. The topological polar surface area (TPSA) is 82.3 Å². The molecule has 3 aromatic rings. The van der Waals surface area contributed by atoms with Crippen LogP contribution in [0.5, 0.6) is 5.88 Å². The first kappa shape index (κ1) is 16.8. The normalized spacial score (nSPS) is 11.4. The molecule has 3 rings (SSSR count). The van der Waals surface area contributed by atoms with Crippen molar-refractivity contribution in [2.75, 3.05) is 7.11 Å². The van der Waals surface area contributed by atoms with Gasteiger partial charge in [-0.25, -0.2) is 15.0 Å². The number of methoxy groups -OCH3 is 1. The van der Waals surface area contributed by atoms with Crippen LogP contribution in [0.15, 0.2) is 60.1 Å². The van der Waals surface area contributed by atoms with Crippen LogP contribution in [-0.2, 0) is 6.54 Å². The van der Waals surface area contributed by atoms with Crippen LogP contribution in [0, 0.1) is 0 Å². The fraction of sp³-hybridized carbons (Fsp3) is 0.118. The molecule has 3 heterocycles. The molecule has 0 spiro atoms. The lowest BCUT2D eigenvalue weighted by molar-refractivity contribution is 0.0988. The van der Waals surface area contributed by atoms with Gasteiger partial charge in [-0.05, 0) is 23.8 Å². The monoisotopic (exact) mass is 355 g/mol. The number of hydrogen-bond donors (Lipinski definition) is 0. The fourth-order valence-electron chi connectivity index (χ4n) is 2.18. The molecule has 0 radical (unpaired) electrons. The highest BCUT2D eigenvalue weighted by atomic mass is 35.5. The number of rotatable bonds is 4. The second-order valence-corrected chi connectivity index (χ2v) is 5.39. The fourth-order valence-corrected chi connectivity index (χ4v) is 2.29. The van der Waals surface area contributed by atoms with E-state index in [9.17, 15) is 4.79 Å². The van der Waals surface area contributed by atoms with Crippen LogP contribution in [0.3, 0.4) is 0 Å². The van der Waals surface area contributed by atoms with Gasteiger partial charge in [-0.15, -0.1) is 0 Å². The van der Waals surface area contributed by atoms with Gasteiger partial charge in [0.1, 0.15) is 10.6 Å². The van der Waals surface area contributed by atoms with Crippen LogP contribution >= 0.6 is 11.6 Å². The van der Waals surface area contributed by atoms with E-state index in [1.165, 1.54) is 19.5 Å². The predicted molar refractivity (Wildman–Crippen MR) is 91.3 cm³/mol. The van der Waals surface area contributed by atoms with Gasteiger partial charge in [0, 0.05) is 24.8 Å². The number of amides is 1. The highest BCUT2D eigenvalue weighted by Crippen LogP contribution is 2.11. The molecular weight excluding hydrogens is 342 g/mol. The Hall–Kier alpha value is -3.06. The highest BCUT2D eigenvalue weighted by molar-refractivity contribution is 6.29. The van der Waals surface area contributed by atoms with E-state index in [1.54, 1.807) is 24.4 Å². The Labute approximate surface area is 148 Å². The van der Waals surface area contributed by atoms with Gasteiger partial charge in [0.2, 0.25) is 5.88 Å². The van der Waals surface area contributed by atoms with Crippen molar-refractivity contribution in [1.29, 1.82) is 0 Å². The highest BCUT2D eigenvalue weighted by Gasteiger charge is 2.14. The number of pyridine rings is 2. The van der Waals surface area contributed by atoms with E-state index >= 15 is 0 Å².